The van der Waals surface area contributed by atoms with Crippen molar-refractivity contribution in [3.63, 3.8) is 0 Å². The first-order chi connectivity index (χ1) is 5.63. The molecule has 0 aliphatic carbocycles. The van der Waals surface area contributed by atoms with Crippen LogP contribution in [0.25, 0.3) is 0 Å². The summed E-state index contributed by atoms with van der Waals surface area (Å²) in [5, 5.41) is 4.35. The fraction of sp³-hybridized carbons (Fsp3) is 0.636. The number of thioether (sulfide) groups is 1. The minimum absolute atomic E-state index is 0.822. The second kappa shape index (κ2) is 7.48. The highest BCUT2D eigenvalue weighted by Crippen LogP contribution is 2.10. The van der Waals surface area contributed by atoms with Crippen molar-refractivity contribution in [1.29, 1.82) is 0 Å². The highest BCUT2D eigenvalue weighted by Gasteiger charge is 1.88. The van der Waals surface area contributed by atoms with E-state index in [-0.39, 0.29) is 0 Å². The first kappa shape index (κ1) is 11.8. The van der Waals surface area contributed by atoms with Gasteiger partial charge in [0.05, 0.1) is 0 Å². The SMILES string of the molecule is CC(C)=CS/C=C\CCC(C)C. The molecule has 0 N–H and O–H groups in total. The summed E-state index contributed by atoms with van der Waals surface area (Å²) in [6.07, 6.45) is 4.76. The Bertz CT molecular complexity index is 150. The van der Waals surface area contributed by atoms with Crippen molar-refractivity contribution in [2.24, 2.45) is 5.92 Å². The molecule has 12 heavy (non-hydrogen) atoms. The molecule has 0 aliphatic heterocycles. The van der Waals surface area contributed by atoms with Gasteiger partial charge in [-0.05, 0) is 43.4 Å². The molecule has 0 aromatic rings. The van der Waals surface area contributed by atoms with Crippen LogP contribution < -0.4 is 0 Å². The summed E-state index contributed by atoms with van der Waals surface area (Å²) in [5.41, 5.74) is 1.37. The van der Waals surface area contributed by atoms with Crippen molar-refractivity contribution >= 4 is 11.8 Å². The summed E-state index contributed by atoms with van der Waals surface area (Å²) in [6.45, 7) is 8.76. The van der Waals surface area contributed by atoms with E-state index >= 15 is 0 Å². The van der Waals surface area contributed by atoms with Crippen molar-refractivity contribution in [2.45, 2.75) is 40.5 Å². The summed E-state index contributed by atoms with van der Waals surface area (Å²) in [7, 11) is 0. The Morgan fingerprint density at radius 2 is 2.00 bits per heavy atom. The first-order valence-electron chi connectivity index (χ1n) is 4.56. The van der Waals surface area contributed by atoms with Crippen molar-refractivity contribution in [3.8, 4) is 0 Å². The summed E-state index contributed by atoms with van der Waals surface area (Å²) < 4.78 is 0. The molecule has 0 atom stereocenters. The van der Waals surface area contributed by atoms with E-state index in [1.165, 1.54) is 18.4 Å². The van der Waals surface area contributed by atoms with Crippen LogP contribution >= 0.6 is 11.8 Å². The van der Waals surface area contributed by atoms with Crippen LogP contribution in [-0.4, -0.2) is 0 Å². The third-order valence-corrected chi connectivity index (χ3v) is 2.35. The Kier molecular flexibility index (Phi) is 7.37. The van der Waals surface area contributed by atoms with Crippen LogP contribution in [0.2, 0.25) is 0 Å². The highest BCUT2D eigenvalue weighted by atomic mass is 32.2. The number of hydrogen-bond donors (Lipinski definition) is 0. The van der Waals surface area contributed by atoms with Gasteiger partial charge < -0.3 is 0 Å². The quantitative estimate of drug-likeness (QED) is 0.602. The number of hydrogen-bond acceptors (Lipinski definition) is 1. The largest absolute Gasteiger partial charge is 0.106 e. The molecule has 0 saturated heterocycles. The van der Waals surface area contributed by atoms with Gasteiger partial charge in [-0.25, -0.2) is 0 Å². The molecule has 0 aliphatic rings. The number of rotatable bonds is 5. The standard InChI is InChI=1S/C11H20S/c1-10(2)7-5-6-8-12-9-11(3)4/h6,8-10H,5,7H2,1-4H3/b8-6-. The molecule has 0 amide bonds. The molecule has 0 nitrogen and oxygen atoms in total. The monoisotopic (exact) mass is 184 g/mol. The Labute approximate surface area is 81.1 Å². The van der Waals surface area contributed by atoms with Crippen LogP contribution in [0.3, 0.4) is 0 Å². The van der Waals surface area contributed by atoms with E-state index < -0.39 is 0 Å². The lowest BCUT2D eigenvalue weighted by Gasteiger charge is -1.98. The average molecular weight is 184 g/mol. The van der Waals surface area contributed by atoms with E-state index in [1.807, 2.05) is 0 Å². The van der Waals surface area contributed by atoms with E-state index in [1.54, 1.807) is 11.8 Å². The third kappa shape index (κ3) is 9.83. The normalized spacial score (nSPS) is 11.1. The molecule has 0 aromatic carbocycles. The van der Waals surface area contributed by atoms with Crippen LogP contribution in [0, 0.1) is 5.92 Å². The van der Waals surface area contributed by atoms with Gasteiger partial charge in [0, 0.05) is 0 Å². The fourth-order valence-electron chi connectivity index (χ4n) is 0.729. The predicted molar refractivity (Wildman–Crippen MR) is 60.2 cm³/mol. The van der Waals surface area contributed by atoms with E-state index in [9.17, 15) is 0 Å². The maximum Gasteiger partial charge on any atom is -0.0262 e. The molecule has 0 fully saturated rings. The van der Waals surface area contributed by atoms with E-state index in [0.29, 0.717) is 0 Å². The minimum Gasteiger partial charge on any atom is -0.106 e. The van der Waals surface area contributed by atoms with Gasteiger partial charge in [0.25, 0.3) is 0 Å². The van der Waals surface area contributed by atoms with E-state index in [0.717, 1.165) is 5.92 Å². The van der Waals surface area contributed by atoms with Gasteiger partial charge in [-0.3, -0.25) is 0 Å². The molecule has 0 unspecified atom stereocenters. The average Bonchev–Trinajstić information content (AvgIpc) is 1.95. The van der Waals surface area contributed by atoms with Gasteiger partial charge >= 0.3 is 0 Å². The fourth-order valence-corrected chi connectivity index (χ4v) is 1.33. The molecule has 0 radical (unpaired) electrons. The highest BCUT2D eigenvalue weighted by molar-refractivity contribution is 8.04. The van der Waals surface area contributed by atoms with Crippen LogP contribution in [0.1, 0.15) is 40.5 Å². The molecule has 70 valence electrons. The number of allylic oxidation sites excluding steroid dienone is 2. The van der Waals surface area contributed by atoms with Crippen molar-refractivity contribution in [1.82, 2.24) is 0 Å². The van der Waals surface area contributed by atoms with Crippen molar-refractivity contribution in [3.05, 3.63) is 22.5 Å². The van der Waals surface area contributed by atoms with Crippen LogP contribution in [0.5, 0.6) is 0 Å². The molecule has 0 bridgehead atoms. The summed E-state index contributed by atoms with van der Waals surface area (Å²) in [6, 6.07) is 0. The molecular weight excluding hydrogens is 164 g/mol. The Hall–Kier alpha value is -0.170. The van der Waals surface area contributed by atoms with Crippen LogP contribution in [-0.2, 0) is 0 Å². The van der Waals surface area contributed by atoms with Crippen molar-refractivity contribution < 1.29 is 0 Å². The van der Waals surface area contributed by atoms with Crippen LogP contribution in [0.4, 0.5) is 0 Å². The second-order valence-electron chi connectivity index (χ2n) is 3.67. The Morgan fingerprint density at radius 3 is 2.50 bits per heavy atom. The maximum atomic E-state index is 2.26. The Balaban J connectivity index is 3.32. The summed E-state index contributed by atoms with van der Waals surface area (Å²) in [5.74, 6) is 0.822. The first-order valence-corrected chi connectivity index (χ1v) is 5.51. The van der Waals surface area contributed by atoms with Gasteiger partial charge in [-0.2, -0.15) is 0 Å². The zero-order valence-electron chi connectivity index (χ0n) is 8.63. The smallest absolute Gasteiger partial charge is 0.0262 e. The molecule has 0 heterocycles. The molecule has 0 saturated carbocycles. The lowest BCUT2D eigenvalue weighted by atomic mass is 10.1. The zero-order chi connectivity index (χ0) is 9.40. The minimum atomic E-state index is 0.822. The van der Waals surface area contributed by atoms with Gasteiger partial charge in [0.15, 0.2) is 0 Å². The summed E-state index contributed by atoms with van der Waals surface area (Å²) >= 11 is 1.77. The van der Waals surface area contributed by atoms with Gasteiger partial charge in [-0.1, -0.05) is 25.5 Å². The van der Waals surface area contributed by atoms with Crippen LogP contribution in [0.15, 0.2) is 22.5 Å². The van der Waals surface area contributed by atoms with E-state index in [4.69, 9.17) is 0 Å². The van der Waals surface area contributed by atoms with Gasteiger partial charge in [0.1, 0.15) is 0 Å². The van der Waals surface area contributed by atoms with Gasteiger partial charge in [0.2, 0.25) is 0 Å². The Morgan fingerprint density at radius 1 is 1.33 bits per heavy atom. The molecule has 0 rings (SSSR count). The zero-order valence-corrected chi connectivity index (χ0v) is 9.45. The molecule has 0 aromatic heterocycles. The van der Waals surface area contributed by atoms with E-state index in [2.05, 4.69) is 44.6 Å². The topological polar surface area (TPSA) is 0 Å². The third-order valence-electron chi connectivity index (χ3n) is 1.39. The van der Waals surface area contributed by atoms with Gasteiger partial charge in [-0.15, -0.1) is 11.8 Å². The maximum absolute atomic E-state index is 2.26. The molecule has 0 spiro atoms. The second-order valence-corrected chi connectivity index (χ2v) is 4.45. The molecule has 1 heteroatoms. The lowest BCUT2D eigenvalue weighted by molar-refractivity contribution is 0.594. The lowest BCUT2D eigenvalue weighted by Crippen LogP contribution is -1.83. The summed E-state index contributed by atoms with van der Waals surface area (Å²) in [4.78, 5) is 0. The van der Waals surface area contributed by atoms with Crippen molar-refractivity contribution in [2.75, 3.05) is 0 Å². The predicted octanol–water partition coefficient (Wildman–Crippen LogP) is 4.59. The molecular formula is C11H20S.